The number of hydrogen-bond acceptors (Lipinski definition) is 5. The van der Waals surface area contributed by atoms with E-state index in [2.05, 4.69) is 15.5 Å². The largest absolute Gasteiger partial charge is 0.481 e. The molecule has 0 spiro atoms. The van der Waals surface area contributed by atoms with Crippen LogP contribution >= 0.6 is 0 Å². The molecular formula is C14H14F3N5O2. The number of likely N-dealkylation sites (tertiary alicyclic amines) is 1. The maximum absolute atomic E-state index is 12.6. The van der Waals surface area contributed by atoms with Crippen LogP contribution in [0, 0.1) is 5.92 Å². The highest BCUT2D eigenvalue weighted by atomic mass is 19.4. The lowest BCUT2D eigenvalue weighted by Gasteiger charge is -2.14. The highest BCUT2D eigenvalue weighted by Gasteiger charge is 2.31. The predicted octanol–water partition coefficient (Wildman–Crippen LogP) is 1.59. The van der Waals surface area contributed by atoms with Crippen molar-refractivity contribution in [3.63, 3.8) is 0 Å². The van der Waals surface area contributed by atoms with Crippen molar-refractivity contribution >= 4 is 5.97 Å². The van der Waals surface area contributed by atoms with E-state index in [1.807, 2.05) is 4.90 Å². The summed E-state index contributed by atoms with van der Waals surface area (Å²) in [5, 5.41) is 20.3. The fourth-order valence-electron chi connectivity index (χ4n) is 2.67. The summed E-state index contributed by atoms with van der Waals surface area (Å²) in [7, 11) is 0. The van der Waals surface area contributed by atoms with Crippen LogP contribution in [0.5, 0.6) is 0 Å². The molecule has 1 fully saturated rings. The van der Waals surface area contributed by atoms with Gasteiger partial charge in [0, 0.05) is 6.54 Å². The van der Waals surface area contributed by atoms with E-state index in [-0.39, 0.29) is 0 Å². The Hall–Kier alpha value is -2.49. The summed E-state index contributed by atoms with van der Waals surface area (Å²) in [6.07, 6.45) is -3.85. The zero-order valence-electron chi connectivity index (χ0n) is 12.4. The van der Waals surface area contributed by atoms with Gasteiger partial charge in [-0.15, -0.1) is 5.10 Å². The smallest absolute Gasteiger partial charge is 0.416 e. The zero-order valence-corrected chi connectivity index (χ0v) is 12.4. The molecule has 10 heteroatoms. The number of carboxylic acid groups (broad SMARTS) is 1. The van der Waals surface area contributed by atoms with Crippen molar-refractivity contribution in [2.24, 2.45) is 5.92 Å². The van der Waals surface area contributed by atoms with Crippen molar-refractivity contribution in [1.29, 1.82) is 0 Å². The summed E-state index contributed by atoms with van der Waals surface area (Å²) in [4.78, 5) is 12.9. The molecule has 1 N–H and O–H groups in total. The van der Waals surface area contributed by atoms with Gasteiger partial charge in [-0.1, -0.05) is 0 Å². The SMILES string of the molecule is O=C(O)C1CCN(Cc2nnnn2-c2ccc(C(F)(F)F)cc2)C1. The lowest BCUT2D eigenvalue weighted by molar-refractivity contribution is -0.141. The van der Waals surface area contributed by atoms with E-state index in [1.54, 1.807) is 0 Å². The topological polar surface area (TPSA) is 84.1 Å². The number of alkyl halides is 3. The highest BCUT2D eigenvalue weighted by molar-refractivity contribution is 5.70. The second-order valence-electron chi connectivity index (χ2n) is 5.61. The first kappa shape index (κ1) is 16.4. The van der Waals surface area contributed by atoms with Crippen LogP contribution in [0.25, 0.3) is 5.69 Å². The van der Waals surface area contributed by atoms with Gasteiger partial charge >= 0.3 is 12.1 Å². The van der Waals surface area contributed by atoms with Crippen molar-refractivity contribution < 1.29 is 23.1 Å². The van der Waals surface area contributed by atoms with Gasteiger partial charge in [0.25, 0.3) is 0 Å². The van der Waals surface area contributed by atoms with Crippen molar-refractivity contribution in [3.8, 4) is 5.69 Å². The number of halogens is 3. The number of tetrazole rings is 1. The summed E-state index contributed by atoms with van der Waals surface area (Å²) >= 11 is 0. The molecule has 0 radical (unpaired) electrons. The zero-order chi connectivity index (χ0) is 17.3. The van der Waals surface area contributed by atoms with Gasteiger partial charge in [-0.05, 0) is 47.7 Å². The van der Waals surface area contributed by atoms with Gasteiger partial charge in [0.05, 0.1) is 23.7 Å². The van der Waals surface area contributed by atoms with Crippen LogP contribution in [-0.4, -0.2) is 49.3 Å². The molecule has 3 rings (SSSR count). The third-order valence-corrected chi connectivity index (χ3v) is 3.96. The Morgan fingerprint density at radius 3 is 2.58 bits per heavy atom. The Morgan fingerprint density at radius 2 is 2.00 bits per heavy atom. The van der Waals surface area contributed by atoms with Crippen molar-refractivity contribution in [1.82, 2.24) is 25.1 Å². The van der Waals surface area contributed by atoms with Crippen LogP contribution < -0.4 is 0 Å². The Balaban J connectivity index is 1.75. The number of hydrogen-bond donors (Lipinski definition) is 1. The van der Waals surface area contributed by atoms with Gasteiger partial charge in [-0.2, -0.15) is 17.9 Å². The summed E-state index contributed by atoms with van der Waals surface area (Å²) < 4.78 is 39.2. The minimum Gasteiger partial charge on any atom is -0.481 e. The Morgan fingerprint density at radius 1 is 1.29 bits per heavy atom. The molecule has 1 unspecified atom stereocenters. The van der Waals surface area contributed by atoms with Crippen molar-refractivity contribution in [2.45, 2.75) is 19.1 Å². The van der Waals surface area contributed by atoms with Gasteiger partial charge in [0.2, 0.25) is 0 Å². The third kappa shape index (κ3) is 3.37. The molecular weight excluding hydrogens is 327 g/mol. The van der Waals surface area contributed by atoms with Crippen LogP contribution in [0.15, 0.2) is 24.3 Å². The van der Waals surface area contributed by atoms with E-state index in [1.165, 1.54) is 16.8 Å². The van der Waals surface area contributed by atoms with E-state index >= 15 is 0 Å². The number of carbonyl (C=O) groups is 1. The highest BCUT2D eigenvalue weighted by Crippen LogP contribution is 2.29. The number of nitrogens with zero attached hydrogens (tertiary/aromatic N) is 5. The first-order chi connectivity index (χ1) is 11.3. The van der Waals surface area contributed by atoms with Gasteiger partial charge in [0.15, 0.2) is 5.82 Å². The third-order valence-electron chi connectivity index (χ3n) is 3.96. The van der Waals surface area contributed by atoms with E-state index in [9.17, 15) is 18.0 Å². The lowest BCUT2D eigenvalue weighted by atomic mass is 10.1. The molecule has 0 bridgehead atoms. The summed E-state index contributed by atoms with van der Waals surface area (Å²) in [5.74, 6) is -0.805. The molecule has 0 saturated carbocycles. The monoisotopic (exact) mass is 341 g/mol. The van der Waals surface area contributed by atoms with Crippen LogP contribution in [0.4, 0.5) is 13.2 Å². The van der Waals surface area contributed by atoms with E-state index < -0.39 is 23.6 Å². The van der Waals surface area contributed by atoms with Gasteiger partial charge in [-0.25, -0.2) is 0 Å². The number of aliphatic carboxylic acids is 1. The lowest BCUT2D eigenvalue weighted by Crippen LogP contribution is -2.24. The molecule has 2 heterocycles. The van der Waals surface area contributed by atoms with E-state index in [4.69, 9.17) is 5.11 Å². The molecule has 128 valence electrons. The number of aromatic nitrogens is 4. The Labute approximate surface area is 134 Å². The molecule has 1 aliphatic rings. The summed E-state index contributed by atoms with van der Waals surface area (Å²) in [6.45, 7) is 1.34. The molecule has 24 heavy (non-hydrogen) atoms. The number of rotatable bonds is 4. The molecule has 1 aromatic heterocycles. The molecule has 7 nitrogen and oxygen atoms in total. The van der Waals surface area contributed by atoms with Gasteiger partial charge < -0.3 is 5.11 Å². The standard InChI is InChI=1S/C14H14F3N5O2/c15-14(16,17)10-1-3-11(4-2-10)22-12(18-19-20-22)8-21-6-5-9(7-21)13(23)24/h1-4,9H,5-8H2,(H,23,24). The van der Waals surface area contributed by atoms with E-state index in [0.717, 1.165) is 12.1 Å². The molecule has 0 aliphatic carbocycles. The molecule has 1 aromatic carbocycles. The average Bonchev–Trinajstić information content (AvgIpc) is 3.16. The first-order valence-electron chi connectivity index (χ1n) is 7.24. The summed E-state index contributed by atoms with van der Waals surface area (Å²) in [5.41, 5.74) is -0.332. The maximum atomic E-state index is 12.6. The predicted molar refractivity (Wildman–Crippen MR) is 75.2 cm³/mol. The fraction of sp³-hybridized carbons (Fsp3) is 0.429. The minimum atomic E-state index is -4.40. The van der Waals surface area contributed by atoms with Crippen LogP contribution in [0.3, 0.4) is 0 Å². The van der Waals surface area contributed by atoms with E-state index in [0.29, 0.717) is 37.6 Å². The first-order valence-corrected chi connectivity index (χ1v) is 7.24. The van der Waals surface area contributed by atoms with Crippen molar-refractivity contribution in [2.75, 3.05) is 13.1 Å². The van der Waals surface area contributed by atoms with Gasteiger partial charge in [-0.3, -0.25) is 9.69 Å². The second kappa shape index (κ2) is 6.19. The minimum absolute atomic E-state index is 0.331. The molecule has 1 atom stereocenters. The second-order valence-corrected chi connectivity index (χ2v) is 5.61. The normalized spacial score (nSPS) is 18.9. The Kier molecular flexibility index (Phi) is 4.22. The Bertz CT molecular complexity index is 729. The summed E-state index contributed by atoms with van der Waals surface area (Å²) in [6, 6.07) is 4.54. The fourth-order valence-corrected chi connectivity index (χ4v) is 2.67. The number of benzene rings is 1. The van der Waals surface area contributed by atoms with Crippen LogP contribution in [0.2, 0.25) is 0 Å². The molecule has 2 aromatic rings. The maximum Gasteiger partial charge on any atom is 0.416 e. The quantitative estimate of drug-likeness (QED) is 0.909. The molecule has 1 aliphatic heterocycles. The van der Waals surface area contributed by atoms with Gasteiger partial charge in [0.1, 0.15) is 0 Å². The van der Waals surface area contributed by atoms with Crippen LogP contribution in [0.1, 0.15) is 17.8 Å². The molecule has 0 amide bonds. The number of carboxylic acids is 1. The van der Waals surface area contributed by atoms with Crippen molar-refractivity contribution in [3.05, 3.63) is 35.7 Å². The average molecular weight is 341 g/mol. The molecule has 1 saturated heterocycles. The van der Waals surface area contributed by atoms with Crippen LogP contribution in [-0.2, 0) is 17.5 Å².